The van der Waals surface area contributed by atoms with Crippen molar-refractivity contribution >= 4 is 34.3 Å². The third-order valence-electron chi connectivity index (χ3n) is 4.31. The largest absolute Gasteiger partial charge is 0.506 e. The summed E-state index contributed by atoms with van der Waals surface area (Å²) in [4.78, 5) is 35.5. The van der Waals surface area contributed by atoms with Crippen LogP contribution in [0.5, 0.6) is 17.2 Å². The van der Waals surface area contributed by atoms with E-state index in [0.717, 1.165) is 10.6 Å². The van der Waals surface area contributed by atoms with Gasteiger partial charge in [-0.15, -0.1) is 0 Å². The van der Waals surface area contributed by atoms with Crippen molar-refractivity contribution in [3.05, 3.63) is 63.2 Å². The number of carbonyl (C=O) groups excluding carboxylic acids is 1. The van der Waals surface area contributed by atoms with E-state index < -0.39 is 47.3 Å². The Morgan fingerprint density at radius 3 is 2.59 bits per heavy atom. The average molecular weight is 420 g/mol. The first-order valence-corrected chi connectivity index (χ1v) is 8.80. The molecule has 3 rings (SSSR count). The van der Waals surface area contributed by atoms with Gasteiger partial charge in [-0.2, -0.15) is 0 Å². The van der Waals surface area contributed by atoms with Crippen LogP contribution < -0.4 is 10.3 Å². The van der Waals surface area contributed by atoms with Gasteiger partial charge in [-0.05, 0) is 24.3 Å². The maximum absolute atomic E-state index is 13.9. The number of nitrogens with zero attached hydrogens (tertiary/aromatic N) is 1. The highest BCUT2D eigenvalue weighted by Crippen LogP contribution is 2.33. The van der Waals surface area contributed by atoms with Crippen molar-refractivity contribution in [1.29, 1.82) is 0 Å². The number of hydrogen-bond donors (Lipinski definition) is 2. The zero-order valence-corrected chi connectivity index (χ0v) is 15.9. The second-order valence-corrected chi connectivity index (χ2v) is 6.70. The Hall–Kier alpha value is -3.39. The number of aromatic nitrogens is 1. The number of rotatable bonds is 6. The van der Waals surface area contributed by atoms with Crippen LogP contribution in [0, 0.1) is 5.82 Å². The summed E-state index contributed by atoms with van der Waals surface area (Å²) in [6, 6.07) is 8.06. The minimum absolute atomic E-state index is 0.119. The molecule has 0 bridgehead atoms. The van der Waals surface area contributed by atoms with Gasteiger partial charge in [0.2, 0.25) is 0 Å². The van der Waals surface area contributed by atoms with Gasteiger partial charge in [-0.1, -0.05) is 11.6 Å². The highest BCUT2D eigenvalue weighted by molar-refractivity contribution is 6.30. The molecule has 29 heavy (non-hydrogen) atoms. The van der Waals surface area contributed by atoms with Crippen LogP contribution in [0.3, 0.4) is 0 Å². The monoisotopic (exact) mass is 419 g/mol. The topological polar surface area (TPSA) is 106 Å². The summed E-state index contributed by atoms with van der Waals surface area (Å²) < 4.78 is 20.5. The lowest BCUT2D eigenvalue weighted by Crippen LogP contribution is -2.25. The highest BCUT2D eigenvalue weighted by atomic mass is 35.5. The van der Waals surface area contributed by atoms with Crippen LogP contribution in [0.25, 0.3) is 10.9 Å². The van der Waals surface area contributed by atoms with Crippen molar-refractivity contribution < 1.29 is 28.9 Å². The molecule has 0 saturated carbocycles. The van der Waals surface area contributed by atoms with Gasteiger partial charge in [-0.3, -0.25) is 14.4 Å². The van der Waals surface area contributed by atoms with E-state index in [4.69, 9.17) is 21.4 Å². The SMILES string of the molecule is Cn1c(=O)c(C(=O)CCC(=O)O)c(O)c2ccc(Oc3cc(Cl)ccc3F)cc21. The number of carboxylic acid groups (broad SMARTS) is 1. The number of hydrogen-bond acceptors (Lipinski definition) is 5. The predicted molar refractivity (Wildman–Crippen MR) is 104 cm³/mol. The van der Waals surface area contributed by atoms with Gasteiger partial charge in [0.15, 0.2) is 17.3 Å². The third kappa shape index (κ3) is 4.07. The van der Waals surface area contributed by atoms with E-state index in [0.29, 0.717) is 0 Å². The van der Waals surface area contributed by atoms with Gasteiger partial charge in [0.25, 0.3) is 5.56 Å². The van der Waals surface area contributed by atoms with Crippen molar-refractivity contribution in [2.75, 3.05) is 0 Å². The molecule has 0 spiro atoms. The predicted octanol–water partition coefficient (Wildman–Crippen LogP) is 3.88. The van der Waals surface area contributed by atoms with E-state index in [-0.39, 0.29) is 27.4 Å². The molecule has 0 atom stereocenters. The molecule has 0 amide bonds. The van der Waals surface area contributed by atoms with Crippen LogP contribution in [0.4, 0.5) is 4.39 Å². The van der Waals surface area contributed by atoms with Crippen molar-refractivity contribution in [2.45, 2.75) is 12.8 Å². The molecule has 0 aliphatic heterocycles. The molecule has 0 saturated heterocycles. The third-order valence-corrected chi connectivity index (χ3v) is 4.54. The van der Waals surface area contributed by atoms with Gasteiger partial charge in [0, 0.05) is 36.0 Å². The first-order chi connectivity index (χ1) is 13.7. The zero-order valence-electron chi connectivity index (χ0n) is 15.1. The molecule has 0 aliphatic carbocycles. The molecular formula is C20H15ClFNO6. The lowest BCUT2D eigenvalue weighted by atomic mass is 10.0. The number of aryl methyl sites for hydroxylation is 1. The fourth-order valence-corrected chi connectivity index (χ4v) is 3.01. The number of aliphatic carboxylic acids is 1. The number of carboxylic acids is 1. The molecule has 3 aromatic rings. The van der Waals surface area contributed by atoms with Gasteiger partial charge in [0.05, 0.1) is 11.9 Å². The number of ether oxygens (including phenoxy) is 1. The maximum Gasteiger partial charge on any atom is 0.303 e. The molecule has 0 fully saturated rings. The number of carbonyl (C=O) groups is 2. The van der Waals surface area contributed by atoms with E-state index in [1.54, 1.807) is 0 Å². The number of ketones is 1. The average Bonchev–Trinajstić information content (AvgIpc) is 2.67. The molecule has 1 aromatic heterocycles. The first-order valence-electron chi connectivity index (χ1n) is 8.42. The van der Waals surface area contributed by atoms with E-state index in [1.165, 1.54) is 37.4 Å². The minimum atomic E-state index is -1.19. The molecule has 1 heterocycles. The van der Waals surface area contributed by atoms with Crippen molar-refractivity contribution in [3.8, 4) is 17.2 Å². The summed E-state index contributed by atoms with van der Waals surface area (Å²) in [5.41, 5.74) is -1.02. The Balaban J connectivity index is 2.06. The van der Waals surface area contributed by atoms with E-state index >= 15 is 0 Å². The molecule has 9 heteroatoms. The number of halogens is 2. The van der Waals surface area contributed by atoms with E-state index in [9.17, 15) is 23.9 Å². The Kier molecular flexibility index (Phi) is 5.56. The van der Waals surface area contributed by atoms with Crippen LogP contribution >= 0.6 is 11.6 Å². The van der Waals surface area contributed by atoms with Gasteiger partial charge in [0.1, 0.15) is 17.1 Å². The minimum Gasteiger partial charge on any atom is -0.506 e. The molecule has 2 N–H and O–H groups in total. The quantitative estimate of drug-likeness (QED) is 0.587. The number of pyridine rings is 1. The lowest BCUT2D eigenvalue weighted by molar-refractivity contribution is -0.136. The van der Waals surface area contributed by atoms with Crippen LogP contribution in [-0.2, 0) is 11.8 Å². The Morgan fingerprint density at radius 1 is 1.17 bits per heavy atom. The summed E-state index contributed by atoms with van der Waals surface area (Å²) >= 11 is 5.84. The van der Waals surface area contributed by atoms with Crippen molar-refractivity contribution in [1.82, 2.24) is 4.57 Å². The van der Waals surface area contributed by atoms with Crippen molar-refractivity contribution in [3.63, 3.8) is 0 Å². The maximum atomic E-state index is 13.9. The molecule has 2 aromatic carbocycles. The molecule has 0 unspecified atom stereocenters. The standard InChI is InChI=1S/C20H15ClFNO6/c1-23-14-9-11(29-16-8-10(21)2-5-13(16)22)3-4-12(14)19(27)18(20(23)28)15(24)6-7-17(25)26/h2-5,8-9,27H,6-7H2,1H3,(H,25,26). The number of aromatic hydroxyl groups is 1. The lowest BCUT2D eigenvalue weighted by Gasteiger charge is -2.13. The Bertz CT molecular complexity index is 1200. The summed E-state index contributed by atoms with van der Waals surface area (Å²) in [7, 11) is 1.39. The highest BCUT2D eigenvalue weighted by Gasteiger charge is 2.22. The number of Topliss-reactive ketones (excluding diaryl/α,β-unsaturated/α-hetero) is 1. The summed E-state index contributed by atoms with van der Waals surface area (Å²) in [5, 5.41) is 19.6. The second kappa shape index (κ2) is 7.92. The van der Waals surface area contributed by atoms with Gasteiger partial charge < -0.3 is 19.5 Å². The molecule has 150 valence electrons. The van der Waals surface area contributed by atoms with Crippen LogP contribution in [0.1, 0.15) is 23.2 Å². The zero-order chi connectivity index (χ0) is 21.3. The normalized spacial score (nSPS) is 10.9. The van der Waals surface area contributed by atoms with E-state index in [2.05, 4.69) is 0 Å². The summed E-state index contributed by atoms with van der Waals surface area (Å²) in [6.45, 7) is 0. The molecular weight excluding hydrogens is 405 g/mol. The Labute approximate surface area is 168 Å². The van der Waals surface area contributed by atoms with Crippen LogP contribution in [0.15, 0.2) is 41.2 Å². The van der Waals surface area contributed by atoms with Gasteiger partial charge >= 0.3 is 5.97 Å². The molecule has 0 aliphatic rings. The van der Waals surface area contributed by atoms with Crippen molar-refractivity contribution in [2.24, 2.45) is 7.05 Å². The first kappa shape index (κ1) is 20.3. The van der Waals surface area contributed by atoms with Crippen LogP contribution in [0.2, 0.25) is 5.02 Å². The summed E-state index contributed by atoms with van der Waals surface area (Å²) in [5.74, 6) is -3.08. The number of benzene rings is 2. The summed E-state index contributed by atoms with van der Waals surface area (Å²) in [6.07, 6.45) is -0.879. The molecule has 7 nitrogen and oxygen atoms in total. The second-order valence-electron chi connectivity index (χ2n) is 6.26. The Morgan fingerprint density at radius 2 is 1.90 bits per heavy atom. The smallest absolute Gasteiger partial charge is 0.303 e. The molecule has 0 radical (unpaired) electrons. The van der Waals surface area contributed by atoms with Gasteiger partial charge in [-0.25, -0.2) is 4.39 Å². The fraction of sp³-hybridized carbons (Fsp3) is 0.150. The fourth-order valence-electron chi connectivity index (χ4n) is 2.84. The number of fused-ring (bicyclic) bond motifs is 1. The van der Waals surface area contributed by atoms with E-state index in [1.807, 2.05) is 0 Å². The van der Waals surface area contributed by atoms with Crippen LogP contribution in [-0.4, -0.2) is 26.5 Å².